The second kappa shape index (κ2) is 9.93. The molecule has 7 nitrogen and oxygen atoms in total. The minimum atomic E-state index is -0.216. The summed E-state index contributed by atoms with van der Waals surface area (Å²) in [7, 11) is 3.72. The maximum Gasteiger partial charge on any atom is 0.248 e. The van der Waals surface area contributed by atoms with Gasteiger partial charge in [-0.3, -0.25) is 4.79 Å². The molecule has 1 N–H and O–H groups in total. The van der Waals surface area contributed by atoms with Crippen molar-refractivity contribution < 1.29 is 14.3 Å². The van der Waals surface area contributed by atoms with Crippen LogP contribution < -0.4 is 19.7 Å². The Hall–Kier alpha value is -3.06. The summed E-state index contributed by atoms with van der Waals surface area (Å²) in [4.78, 5) is 21.3. The molecule has 0 aliphatic carbocycles. The van der Waals surface area contributed by atoms with E-state index in [2.05, 4.69) is 27.1 Å². The molecule has 1 aliphatic heterocycles. The predicted octanol–water partition coefficient (Wildman–Crippen LogP) is 2.89. The topological polar surface area (TPSA) is 66.9 Å². The maximum atomic E-state index is 12.2. The molecule has 1 fully saturated rings. The van der Waals surface area contributed by atoms with Crippen molar-refractivity contribution in [3.63, 3.8) is 0 Å². The minimum Gasteiger partial charge on any atom is -0.493 e. The minimum absolute atomic E-state index is 0.216. The van der Waals surface area contributed by atoms with Crippen molar-refractivity contribution in [1.82, 2.24) is 9.88 Å². The van der Waals surface area contributed by atoms with Crippen LogP contribution in [0.5, 0.6) is 11.5 Å². The number of methoxy groups -OCH3 is 1. The molecule has 1 saturated heterocycles. The number of nitrogens with one attached hydrogen (secondary N) is 1. The summed E-state index contributed by atoms with van der Waals surface area (Å²) in [5.41, 5.74) is 1.52. The Morgan fingerprint density at radius 3 is 2.62 bits per heavy atom. The average Bonchev–Trinajstić information content (AvgIpc) is 2.74. The molecule has 0 spiro atoms. The van der Waals surface area contributed by atoms with Crippen molar-refractivity contribution in [2.75, 3.05) is 57.2 Å². The molecule has 2 heterocycles. The number of carbonyl (C=O) groups excluding carboxylic acids is 1. The molecule has 29 heavy (non-hydrogen) atoms. The number of hydrogen-bond acceptors (Lipinski definition) is 6. The van der Waals surface area contributed by atoms with Gasteiger partial charge in [0.25, 0.3) is 0 Å². The van der Waals surface area contributed by atoms with E-state index in [1.54, 1.807) is 19.4 Å². The summed E-state index contributed by atoms with van der Waals surface area (Å²) in [5, 5.41) is 2.84. The normalized spacial score (nSPS) is 14.8. The first-order chi connectivity index (χ1) is 14.1. The Bertz CT molecular complexity index is 844. The van der Waals surface area contributed by atoms with Gasteiger partial charge in [0.15, 0.2) is 11.5 Å². The number of hydrogen-bond donors (Lipinski definition) is 1. The Kier molecular flexibility index (Phi) is 7.08. The summed E-state index contributed by atoms with van der Waals surface area (Å²) < 4.78 is 10.8. The van der Waals surface area contributed by atoms with E-state index in [0.29, 0.717) is 23.8 Å². The van der Waals surface area contributed by atoms with Crippen molar-refractivity contribution in [1.29, 1.82) is 0 Å². The Labute approximate surface area is 171 Å². The Balaban J connectivity index is 1.57. The number of amides is 1. The lowest BCUT2D eigenvalue weighted by molar-refractivity contribution is -0.111. The third-order valence-corrected chi connectivity index (χ3v) is 4.76. The zero-order valence-corrected chi connectivity index (χ0v) is 17.2. The highest BCUT2D eigenvalue weighted by Gasteiger charge is 2.15. The van der Waals surface area contributed by atoms with Crippen LogP contribution in [0.15, 0.2) is 42.6 Å². The molecule has 7 heteroatoms. The molecule has 1 aliphatic rings. The van der Waals surface area contributed by atoms with Crippen molar-refractivity contribution in [3.05, 3.63) is 48.2 Å². The highest BCUT2D eigenvalue weighted by molar-refractivity contribution is 6.01. The van der Waals surface area contributed by atoms with E-state index in [9.17, 15) is 4.79 Å². The van der Waals surface area contributed by atoms with E-state index in [1.807, 2.05) is 37.3 Å². The summed E-state index contributed by atoms with van der Waals surface area (Å²) in [6.07, 6.45) is 4.92. The van der Waals surface area contributed by atoms with Gasteiger partial charge in [-0.15, -0.1) is 0 Å². The molecule has 0 unspecified atom stereocenters. The lowest BCUT2D eigenvalue weighted by atomic mass is 10.2. The summed E-state index contributed by atoms with van der Waals surface area (Å²) in [6, 6.07) is 9.38. The van der Waals surface area contributed by atoms with Crippen molar-refractivity contribution in [2.24, 2.45) is 0 Å². The van der Waals surface area contributed by atoms with Crippen molar-refractivity contribution >= 4 is 23.5 Å². The van der Waals surface area contributed by atoms with Gasteiger partial charge in [-0.1, -0.05) is 6.07 Å². The van der Waals surface area contributed by atoms with Crippen LogP contribution in [-0.2, 0) is 4.79 Å². The van der Waals surface area contributed by atoms with E-state index >= 15 is 0 Å². The van der Waals surface area contributed by atoms with Gasteiger partial charge in [0.1, 0.15) is 5.82 Å². The zero-order valence-electron chi connectivity index (χ0n) is 17.2. The van der Waals surface area contributed by atoms with Gasteiger partial charge >= 0.3 is 0 Å². The second-order valence-electron chi connectivity index (χ2n) is 6.86. The van der Waals surface area contributed by atoms with Crippen molar-refractivity contribution in [3.8, 4) is 11.5 Å². The quantitative estimate of drug-likeness (QED) is 0.726. The summed E-state index contributed by atoms with van der Waals surface area (Å²) >= 11 is 0. The number of likely N-dealkylation sites (N-methyl/N-ethyl adjacent to an activating group) is 1. The second-order valence-corrected chi connectivity index (χ2v) is 6.86. The molecule has 0 atom stereocenters. The number of pyridine rings is 1. The van der Waals surface area contributed by atoms with Crippen LogP contribution in [0.4, 0.5) is 11.5 Å². The van der Waals surface area contributed by atoms with Crippen LogP contribution in [-0.4, -0.2) is 62.7 Å². The lowest BCUT2D eigenvalue weighted by Crippen LogP contribution is -2.44. The van der Waals surface area contributed by atoms with Crippen LogP contribution in [0, 0.1) is 0 Å². The zero-order chi connectivity index (χ0) is 20.6. The molecule has 0 radical (unpaired) electrons. The highest BCUT2D eigenvalue weighted by atomic mass is 16.5. The lowest BCUT2D eigenvalue weighted by Gasteiger charge is -2.33. The van der Waals surface area contributed by atoms with Gasteiger partial charge < -0.3 is 24.6 Å². The standard InChI is InChI=1S/C22H28N4O3/c1-4-29-19-8-5-17(15-20(19)28-3)6-10-22(27)24-18-7-9-21(23-16-18)26-13-11-25(2)12-14-26/h5-10,15-16H,4,11-14H2,1-3H3,(H,24,27)/b10-6+. The number of carbonyl (C=O) groups is 1. The van der Waals surface area contributed by atoms with Gasteiger partial charge in [-0.25, -0.2) is 4.98 Å². The number of rotatable bonds is 7. The van der Waals surface area contributed by atoms with Gasteiger partial charge in [-0.05, 0) is 49.9 Å². The van der Waals surface area contributed by atoms with E-state index in [-0.39, 0.29) is 5.91 Å². The molecule has 2 aromatic rings. The first kappa shape index (κ1) is 20.7. The third kappa shape index (κ3) is 5.71. The van der Waals surface area contributed by atoms with Crippen LogP contribution in [0.2, 0.25) is 0 Å². The van der Waals surface area contributed by atoms with Gasteiger partial charge in [0.05, 0.1) is 25.6 Å². The van der Waals surface area contributed by atoms with Crippen LogP contribution in [0.1, 0.15) is 12.5 Å². The Morgan fingerprint density at radius 1 is 1.17 bits per heavy atom. The van der Waals surface area contributed by atoms with Gasteiger partial charge in [0, 0.05) is 32.3 Å². The first-order valence-electron chi connectivity index (χ1n) is 9.78. The van der Waals surface area contributed by atoms with Gasteiger partial charge in [-0.2, -0.15) is 0 Å². The predicted molar refractivity (Wildman–Crippen MR) is 116 cm³/mol. The fourth-order valence-electron chi connectivity index (χ4n) is 3.10. The molecule has 0 bridgehead atoms. The van der Waals surface area contributed by atoms with E-state index in [4.69, 9.17) is 9.47 Å². The largest absolute Gasteiger partial charge is 0.493 e. The number of aromatic nitrogens is 1. The molecular formula is C22H28N4O3. The number of benzene rings is 1. The smallest absolute Gasteiger partial charge is 0.248 e. The SMILES string of the molecule is CCOc1ccc(/C=C/C(=O)Nc2ccc(N3CCN(C)CC3)nc2)cc1OC. The Morgan fingerprint density at radius 2 is 1.97 bits per heavy atom. The molecule has 0 saturated carbocycles. The summed E-state index contributed by atoms with van der Waals surface area (Å²) in [5.74, 6) is 2.04. The molecular weight excluding hydrogens is 368 g/mol. The number of nitrogens with zero attached hydrogens (tertiary/aromatic N) is 3. The molecule has 3 rings (SSSR count). The van der Waals surface area contributed by atoms with E-state index < -0.39 is 0 Å². The van der Waals surface area contributed by atoms with Gasteiger partial charge in [0.2, 0.25) is 5.91 Å². The molecule has 154 valence electrons. The first-order valence-corrected chi connectivity index (χ1v) is 9.78. The monoisotopic (exact) mass is 396 g/mol. The van der Waals surface area contributed by atoms with Crippen LogP contribution in [0.25, 0.3) is 6.08 Å². The fourth-order valence-corrected chi connectivity index (χ4v) is 3.10. The fraction of sp³-hybridized carbons (Fsp3) is 0.364. The summed E-state index contributed by atoms with van der Waals surface area (Å²) in [6.45, 7) is 6.47. The third-order valence-electron chi connectivity index (χ3n) is 4.76. The highest BCUT2D eigenvalue weighted by Crippen LogP contribution is 2.28. The number of ether oxygens (including phenoxy) is 2. The molecule has 1 aromatic carbocycles. The average molecular weight is 396 g/mol. The molecule has 1 aromatic heterocycles. The van der Waals surface area contributed by atoms with E-state index in [0.717, 1.165) is 37.6 Å². The number of piperazine rings is 1. The van der Waals surface area contributed by atoms with Crippen LogP contribution >= 0.6 is 0 Å². The molecule has 1 amide bonds. The number of anilines is 2. The maximum absolute atomic E-state index is 12.2. The van der Waals surface area contributed by atoms with Crippen LogP contribution in [0.3, 0.4) is 0 Å². The van der Waals surface area contributed by atoms with Crippen molar-refractivity contribution in [2.45, 2.75) is 6.92 Å². The van der Waals surface area contributed by atoms with E-state index in [1.165, 1.54) is 6.08 Å².